The van der Waals surface area contributed by atoms with Crippen LogP contribution in [-0.2, 0) is 4.79 Å². The van der Waals surface area contributed by atoms with Crippen LogP contribution in [0.5, 0.6) is 0 Å². The predicted octanol–water partition coefficient (Wildman–Crippen LogP) is -2.29. The Bertz CT molecular complexity index is 24.8. The van der Waals surface area contributed by atoms with Crippen molar-refractivity contribution in [3.8, 4) is 0 Å². The molecule has 0 aromatic heterocycles. The first-order valence-corrected chi connectivity index (χ1v) is 1.35. The minimum atomic E-state index is 0. The fourth-order valence-electron chi connectivity index (χ4n) is 0. The minimum Gasteiger partial charge on any atom is -1.00 e. The van der Waals surface area contributed by atoms with Crippen LogP contribution in [0.1, 0.15) is 14.8 Å². The van der Waals surface area contributed by atoms with Gasteiger partial charge in [0.25, 0.3) is 0 Å². The Kier molecular flexibility index (Phi) is 15.9. The fraction of sp³-hybridized carbons (Fsp3) is 0.667. The summed E-state index contributed by atoms with van der Waals surface area (Å²) < 4.78 is 0. The number of carbonyl (C=O) groups is 1. The van der Waals surface area contributed by atoms with Gasteiger partial charge in [0.05, 0.1) is 0 Å². The van der Waals surface area contributed by atoms with E-state index in [9.17, 15) is 4.79 Å². The topological polar surface area (TPSA) is 17.1 Å². The van der Waals surface area contributed by atoms with Gasteiger partial charge in [-0.05, 0) is 0 Å². The van der Waals surface area contributed by atoms with Gasteiger partial charge in [-0.1, -0.05) is 6.92 Å². The number of hydrogen-bond acceptors (Lipinski definition) is 1. The van der Waals surface area contributed by atoms with Crippen molar-refractivity contribution in [2.75, 3.05) is 0 Å². The number of aldehydes is 1. The van der Waals surface area contributed by atoms with Gasteiger partial charge in [0.1, 0.15) is 6.29 Å². The van der Waals surface area contributed by atoms with E-state index in [1.165, 1.54) is 0 Å². The molecule has 1 nitrogen and oxygen atoms in total. The summed E-state index contributed by atoms with van der Waals surface area (Å²) in [7, 11) is 0. The third-order valence-corrected chi connectivity index (χ3v) is 0.167. The molecule has 0 amide bonds. The summed E-state index contributed by atoms with van der Waals surface area (Å²) in [5.74, 6) is 0. The second-order valence-electron chi connectivity index (χ2n) is 0.575. The number of hydrogen-bond donors (Lipinski definition) is 0. The van der Waals surface area contributed by atoms with E-state index in [4.69, 9.17) is 0 Å². The average molecular weight is 66.0 g/mol. The molecule has 0 heterocycles. The van der Waals surface area contributed by atoms with Crippen molar-refractivity contribution >= 4 is 6.29 Å². The molecule has 0 aliphatic carbocycles. The molecule has 0 aliphatic heterocycles. The fourth-order valence-corrected chi connectivity index (χ4v) is 0. The van der Waals surface area contributed by atoms with Crippen LogP contribution in [-0.4, -0.2) is 6.29 Å². The first kappa shape index (κ1) is 8.99. The zero-order chi connectivity index (χ0) is 3.41. The van der Waals surface area contributed by atoms with Crippen molar-refractivity contribution in [1.29, 1.82) is 0 Å². The summed E-state index contributed by atoms with van der Waals surface area (Å²) in [5, 5.41) is 0. The van der Waals surface area contributed by atoms with Gasteiger partial charge in [0.15, 0.2) is 0 Å². The van der Waals surface area contributed by atoms with Crippen LogP contribution in [0.15, 0.2) is 0 Å². The third-order valence-electron chi connectivity index (χ3n) is 0.167. The first-order chi connectivity index (χ1) is 1.91. The summed E-state index contributed by atoms with van der Waals surface area (Å²) in [6.07, 6.45) is 1.51. The maximum atomic E-state index is 9.17. The Labute approximate surface area is 45.4 Å². The monoisotopic (exact) mass is 66.1 g/mol. The van der Waals surface area contributed by atoms with Crippen molar-refractivity contribution < 1.29 is 25.1 Å². The zero-order valence-corrected chi connectivity index (χ0v) is 3.69. The van der Waals surface area contributed by atoms with Crippen LogP contribution >= 0.6 is 0 Å². The van der Waals surface area contributed by atoms with E-state index in [2.05, 4.69) is 0 Å². The maximum Gasteiger partial charge on any atom is 1.00 e. The van der Waals surface area contributed by atoms with Gasteiger partial charge in [-0.15, -0.1) is 0 Å². The molecule has 0 rings (SSSR count). The number of rotatable bonds is 1. The van der Waals surface area contributed by atoms with Gasteiger partial charge in [-0.3, -0.25) is 0 Å². The van der Waals surface area contributed by atoms with E-state index in [0.29, 0.717) is 6.42 Å². The van der Waals surface area contributed by atoms with Gasteiger partial charge in [0.2, 0.25) is 0 Å². The largest absolute Gasteiger partial charge is 1.00 e. The Morgan fingerprint density at radius 2 is 2.20 bits per heavy atom. The molecule has 2 heteroatoms. The van der Waals surface area contributed by atoms with Gasteiger partial charge in [0, 0.05) is 6.42 Å². The normalized spacial score (nSPS) is 5.00. The first-order valence-electron chi connectivity index (χ1n) is 1.35. The van der Waals surface area contributed by atoms with Crippen LogP contribution < -0.4 is 18.9 Å². The van der Waals surface area contributed by atoms with Crippen LogP contribution in [0.25, 0.3) is 0 Å². The van der Waals surface area contributed by atoms with Crippen molar-refractivity contribution in [3.05, 3.63) is 0 Å². The molecule has 0 fully saturated rings. The molecule has 0 saturated carbocycles. The second kappa shape index (κ2) is 8.86. The Hall–Kier alpha value is 0.267. The van der Waals surface area contributed by atoms with E-state index < -0.39 is 0 Å². The summed E-state index contributed by atoms with van der Waals surface area (Å²) in [4.78, 5) is 9.17. The summed E-state index contributed by atoms with van der Waals surface area (Å²) >= 11 is 0. The van der Waals surface area contributed by atoms with E-state index in [1.54, 1.807) is 0 Å². The van der Waals surface area contributed by atoms with Gasteiger partial charge >= 0.3 is 18.9 Å². The Morgan fingerprint density at radius 3 is 2.20 bits per heavy atom. The molecule has 0 aromatic carbocycles. The van der Waals surface area contributed by atoms with Crippen molar-refractivity contribution in [3.63, 3.8) is 0 Å². The van der Waals surface area contributed by atoms with E-state index >= 15 is 0 Å². The van der Waals surface area contributed by atoms with Crippen molar-refractivity contribution in [2.24, 2.45) is 0 Å². The molecule has 5 heavy (non-hydrogen) atoms. The van der Waals surface area contributed by atoms with E-state index in [0.717, 1.165) is 6.29 Å². The molecular formula is C3H7LiO. The van der Waals surface area contributed by atoms with E-state index in [1.807, 2.05) is 6.92 Å². The van der Waals surface area contributed by atoms with Crippen LogP contribution in [0, 0.1) is 0 Å². The molecule has 0 bridgehead atoms. The molecule has 0 spiro atoms. The predicted molar refractivity (Wildman–Crippen MR) is 17.5 cm³/mol. The third kappa shape index (κ3) is 13.7. The van der Waals surface area contributed by atoms with Gasteiger partial charge < -0.3 is 6.22 Å². The van der Waals surface area contributed by atoms with Crippen molar-refractivity contribution in [1.82, 2.24) is 0 Å². The van der Waals surface area contributed by atoms with Gasteiger partial charge in [-0.25, -0.2) is 0 Å². The SMILES string of the molecule is CCC=O.[H-].[Li+]. The molecule has 0 N–H and O–H groups in total. The molecule has 0 radical (unpaired) electrons. The molecule has 0 unspecified atom stereocenters. The zero-order valence-electron chi connectivity index (χ0n) is 4.69. The average Bonchev–Trinajstić information content (AvgIpc) is 1.37. The smallest absolute Gasteiger partial charge is 1.00 e. The van der Waals surface area contributed by atoms with Gasteiger partial charge in [-0.2, -0.15) is 0 Å². The molecule has 0 aliphatic rings. The minimum absolute atomic E-state index is 0. The van der Waals surface area contributed by atoms with Crippen LogP contribution in [0.4, 0.5) is 0 Å². The second-order valence-corrected chi connectivity index (χ2v) is 0.575. The molecule has 0 saturated heterocycles. The van der Waals surface area contributed by atoms with E-state index in [-0.39, 0.29) is 20.3 Å². The quantitative estimate of drug-likeness (QED) is 0.249. The molecule has 26 valence electrons. The molecular weight excluding hydrogens is 59.0 g/mol. The summed E-state index contributed by atoms with van der Waals surface area (Å²) in [5.41, 5.74) is 0. The number of carbonyl (C=O) groups excluding carboxylic acids is 1. The molecule has 0 atom stereocenters. The van der Waals surface area contributed by atoms with Crippen molar-refractivity contribution in [2.45, 2.75) is 13.3 Å². The summed E-state index contributed by atoms with van der Waals surface area (Å²) in [6.45, 7) is 1.81. The van der Waals surface area contributed by atoms with Crippen LogP contribution in [0.2, 0.25) is 0 Å². The maximum absolute atomic E-state index is 9.17. The van der Waals surface area contributed by atoms with Crippen LogP contribution in [0.3, 0.4) is 0 Å². The Morgan fingerprint density at radius 1 is 2.00 bits per heavy atom. The Balaban J connectivity index is -0.0000000450. The summed E-state index contributed by atoms with van der Waals surface area (Å²) in [6, 6.07) is 0. The molecule has 0 aromatic rings. The standard InChI is InChI=1S/C3H6O.Li.H/c1-2-3-4;;/h3H,2H2,1H3;;/q;+1;-1.